The van der Waals surface area contributed by atoms with E-state index in [0.29, 0.717) is 0 Å². The molecule has 0 aliphatic heterocycles. The summed E-state index contributed by atoms with van der Waals surface area (Å²) in [7, 11) is 0. The maximum Gasteiger partial charge on any atom is 0.417 e. The highest BCUT2D eigenvalue weighted by Crippen LogP contribution is 2.36. The molecule has 0 aliphatic rings. The van der Waals surface area contributed by atoms with Crippen LogP contribution in [0.4, 0.5) is 13.2 Å². The molecule has 0 atom stereocenters. The van der Waals surface area contributed by atoms with Gasteiger partial charge in [-0.2, -0.15) is 18.3 Å². The minimum Gasteiger partial charge on any atom is -0.478 e. The predicted octanol–water partition coefficient (Wildman–Crippen LogP) is 2.79. The molecule has 7 heteroatoms. The van der Waals surface area contributed by atoms with E-state index in [-0.39, 0.29) is 16.8 Å². The number of carboxylic acid groups (broad SMARTS) is 1. The van der Waals surface area contributed by atoms with Crippen LogP contribution < -0.4 is 0 Å². The molecule has 2 N–H and O–H groups in total. The van der Waals surface area contributed by atoms with Crippen LogP contribution in [0.5, 0.6) is 0 Å². The van der Waals surface area contributed by atoms with Crippen molar-refractivity contribution in [3.63, 3.8) is 0 Å². The molecule has 2 rings (SSSR count). The Balaban J connectivity index is 2.65. The summed E-state index contributed by atoms with van der Waals surface area (Å²) in [6.07, 6.45) is -3.20. The highest BCUT2D eigenvalue weighted by molar-refractivity contribution is 5.89. The summed E-state index contributed by atoms with van der Waals surface area (Å²) in [6, 6.07) is 3.96. The number of aromatic nitrogens is 2. The van der Waals surface area contributed by atoms with Crippen molar-refractivity contribution in [2.75, 3.05) is 0 Å². The topological polar surface area (TPSA) is 66.0 Å². The first-order chi connectivity index (χ1) is 8.39. The van der Waals surface area contributed by atoms with Crippen LogP contribution in [0.2, 0.25) is 0 Å². The van der Waals surface area contributed by atoms with Crippen LogP contribution in [0.3, 0.4) is 0 Å². The minimum atomic E-state index is -4.56. The third kappa shape index (κ3) is 2.20. The summed E-state index contributed by atoms with van der Waals surface area (Å²) in [5.41, 5.74) is -1.35. The van der Waals surface area contributed by atoms with Gasteiger partial charge in [-0.05, 0) is 24.3 Å². The van der Waals surface area contributed by atoms with Crippen LogP contribution in [-0.2, 0) is 6.18 Å². The zero-order valence-corrected chi connectivity index (χ0v) is 8.82. The lowest BCUT2D eigenvalue weighted by Gasteiger charge is -2.11. The molecule has 0 spiro atoms. The number of carbonyl (C=O) groups is 1. The van der Waals surface area contributed by atoms with Crippen molar-refractivity contribution >= 4 is 5.97 Å². The zero-order chi connectivity index (χ0) is 13.3. The molecule has 0 unspecified atom stereocenters. The van der Waals surface area contributed by atoms with E-state index in [1.54, 1.807) is 0 Å². The normalized spacial score (nSPS) is 11.5. The molecule has 0 amide bonds. The molecule has 0 bridgehead atoms. The van der Waals surface area contributed by atoms with Crippen molar-refractivity contribution in [3.05, 3.63) is 41.6 Å². The van der Waals surface area contributed by atoms with E-state index in [1.807, 2.05) is 0 Å². The van der Waals surface area contributed by atoms with Gasteiger partial charge < -0.3 is 5.11 Å². The van der Waals surface area contributed by atoms with E-state index in [4.69, 9.17) is 5.11 Å². The van der Waals surface area contributed by atoms with E-state index in [2.05, 4.69) is 10.2 Å². The van der Waals surface area contributed by atoms with Crippen LogP contribution in [0.25, 0.3) is 11.3 Å². The highest BCUT2D eigenvalue weighted by Gasteiger charge is 2.34. The minimum absolute atomic E-state index is 0.0467. The number of hydrogen-bond donors (Lipinski definition) is 2. The van der Waals surface area contributed by atoms with Crippen LogP contribution in [0, 0.1) is 0 Å². The van der Waals surface area contributed by atoms with E-state index in [1.165, 1.54) is 12.3 Å². The Bertz CT molecular complexity index is 576. The van der Waals surface area contributed by atoms with Crippen LogP contribution in [0.1, 0.15) is 15.9 Å². The van der Waals surface area contributed by atoms with Gasteiger partial charge in [0.25, 0.3) is 0 Å². The van der Waals surface area contributed by atoms with Gasteiger partial charge in [-0.1, -0.05) is 0 Å². The molecule has 1 aromatic heterocycles. The van der Waals surface area contributed by atoms with E-state index < -0.39 is 17.7 Å². The second kappa shape index (κ2) is 4.17. The van der Waals surface area contributed by atoms with Crippen molar-refractivity contribution in [3.8, 4) is 11.3 Å². The Morgan fingerprint density at radius 2 is 2.00 bits per heavy atom. The third-order valence-corrected chi connectivity index (χ3v) is 2.35. The number of nitrogens with one attached hydrogen (secondary N) is 1. The standard InChI is InChI=1S/C11H7F3N2O2/c12-11(13,14)8-2-1-6(10(17)18)5-7(8)9-3-4-15-16-9/h1-5H,(H,15,16)(H,17,18). The van der Waals surface area contributed by atoms with Gasteiger partial charge in [-0.15, -0.1) is 0 Å². The largest absolute Gasteiger partial charge is 0.478 e. The molecule has 0 saturated carbocycles. The second-order valence-electron chi connectivity index (χ2n) is 3.52. The Labute approximate surface area is 99.1 Å². The fourth-order valence-electron chi connectivity index (χ4n) is 1.55. The Hall–Kier alpha value is -2.31. The molecule has 4 nitrogen and oxygen atoms in total. The lowest BCUT2D eigenvalue weighted by molar-refractivity contribution is -0.137. The maximum absolute atomic E-state index is 12.8. The quantitative estimate of drug-likeness (QED) is 0.868. The first kappa shape index (κ1) is 12.2. The van der Waals surface area contributed by atoms with Gasteiger partial charge in [0, 0.05) is 11.8 Å². The van der Waals surface area contributed by atoms with Crippen molar-refractivity contribution < 1.29 is 23.1 Å². The van der Waals surface area contributed by atoms with Crippen LogP contribution in [0.15, 0.2) is 30.5 Å². The van der Waals surface area contributed by atoms with Gasteiger partial charge in [0.1, 0.15) is 0 Å². The van der Waals surface area contributed by atoms with Crippen molar-refractivity contribution in [2.45, 2.75) is 6.18 Å². The van der Waals surface area contributed by atoms with Gasteiger partial charge in [-0.25, -0.2) is 4.79 Å². The lowest BCUT2D eigenvalue weighted by atomic mass is 10.0. The van der Waals surface area contributed by atoms with Gasteiger partial charge >= 0.3 is 12.1 Å². The molecule has 0 fully saturated rings. The highest BCUT2D eigenvalue weighted by atomic mass is 19.4. The number of rotatable bonds is 2. The Kier molecular flexibility index (Phi) is 2.82. The summed E-state index contributed by atoms with van der Waals surface area (Å²) in [6.45, 7) is 0. The van der Waals surface area contributed by atoms with E-state index in [0.717, 1.165) is 18.2 Å². The van der Waals surface area contributed by atoms with E-state index in [9.17, 15) is 18.0 Å². The van der Waals surface area contributed by atoms with Gasteiger partial charge in [0.05, 0.1) is 16.8 Å². The van der Waals surface area contributed by atoms with Crippen LogP contribution in [-0.4, -0.2) is 21.3 Å². The van der Waals surface area contributed by atoms with Crippen molar-refractivity contribution in [2.24, 2.45) is 0 Å². The van der Waals surface area contributed by atoms with E-state index >= 15 is 0 Å². The molecule has 0 saturated heterocycles. The molecular weight excluding hydrogens is 249 g/mol. The molecule has 2 aromatic rings. The first-order valence-electron chi connectivity index (χ1n) is 4.84. The van der Waals surface area contributed by atoms with Crippen LogP contribution >= 0.6 is 0 Å². The van der Waals surface area contributed by atoms with Gasteiger partial charge in [0.15, 0.2) is 0 Å². The number of hydrogen-bond acceptors (Lipinski definition) is 2. The first-order valence-corrected chi connectivity index (χ1v) is 4.84. The van der Waals surface area contributed by atoms with Crippen molar-refractivity contribution in [1.29, 1.82) is 0 Å². The number of carboxylic acids is 1. The SMILES string of the molecule is O=C(O)c1ccc(C(F)(F)F)c(-c2cc[nH]n2)c1. The van der Waals surface area contributed by atoms with Crippen molar-refractivity contribution in [1.82, 2.24) is 10.2 Å². The van der Waals surface area contributed by atoms with Gasteiger partial charge in [0.2, 0.25) is 0 Å². The molecule has 0 aliphatic carbocycles. The summed E-state index contributed by atoms with van der Waals surface area (Å²) < 4.78 is 38.4. The fraction of sp³-hybridized carbons (Fsp3) is 0.0909. The maximum atomic E-state index is 12.8. The lowest BCUT2D eigenvalue weighted by Crippen LogP contribution is -2.09. The molecule has 94 valence electrons. The summed E-state index contributed by atoms with van der Waals surface area (Å²) in [4.78, 5) is 10.8. The summed E-state index contributed by atoms with van der Waals surface area (Å²) >= 11 is 0. The monoisotopic (exact) mass is 256 g/mol. The number of nitrogens with zero attached hydrogens (tertiary/aromatic N) is 1. The average Bonchev–Trinajstić information content (AvgIpc) is 2.80. The summed E-state index contributed by atoms with van der Waals surface area (Å²) in [5, 5.41) is 14.8. The molecule has 1 heterocycles. The smallest absolute Gasteiger partial charge is 0.417 e. The molecule has 1 aromatic carbocycles. The number of H-pyrrole nitrogens is 1. The zero-order valence-electron chi connectivity index (χ0n) is 8.82. The average molecular weight is 256 g/mol. The Morgan fingerprint density at radius 1 is 1.28 bits per heavy atom. The van der Waals surface area contributed by atoms with Gasteiger partial charge in [-0.3, -0.25) is 5.10 Å². The molecular formula is C11H7F3N2O2. The number of aromatic carboxylic acids is 1. The number of halogens is 3. The Morgan fingerprint density at radius 3 is 2.50 bits per heavy atom. The number of alkyl halides is 3. The molecule has 18 heavy (non-hydrogen) atoms. The number of aromatic amines is 1. The fourth-order valence-corrected chi connectivity index (χ4v) is 1.55. The third-order valence-electron chi connectivity index (χ3n) is 2.35. The predicted molar refractivity (Wildman–Crippen MR) is 56.0 cm³/mol. The molecule has 0 radical (unpaired) electrons. The summed E-state index contributed by atoms with van der Waals surface area (Å²) in [5.74, 6) is -1.29. The second-order valence-corrected chi connectivity index (χ2v) is 3.52. The number of benzene rings is 1.